The van der Waals surface area contributed by atoms with Gasteiger partial charge in [-0.2, -0.15) is 0 Å². The largest absolute Gasteiger partial charge is 0.421 e. The lowest BCUT2D eigenvalue weighted by atomic mass is 10.2. The van der Waals surface area contributed by atoms with Crippen molar-refractivity contribution >= 4 is 38.4 Å². The molecule has 4 rings (SSSR count). The van der Waals surface area contributed by atoms with Crippen molar-refractivity contribution in [2.24, 2.45) is 0 Å². The first kappa shape index (κ1) is 18.5. The molecule has 0 saturated heterocycles. The summed E-state index contributed by atoms with van der Waals surface area (Å²) in [5.74, 6) is 0. The van der Waals surface area contributed by atoms with Crippen LogP contribution in [0.3, 0.4) is 0 Å². The maximum Gasteiger partial charge on any atom is 0.365 e. The number of aromatic nitrogens is 5. The lowest BCUT2D eigenvalue weighted by molar-refractivity contribution is 0.158. The van der Waals surface area contributed by atoms with E-state index in [1.54, 1.807) is 41.2 Å². The fraction of sp³-hybridized carbons (Fsp3) is 0.111. The summed E-state index contributed by atoms with van der Waals surface area (Å²) in [5.41, 5.74) is 0.294. The van der Waals surface area contributed by atoms with Crippen LogP contribution in [0.15, 0.2) is 62.7 Å². The average Bonchev–Trinajstić information content (AvgIpc) is 3.12. The third-order valence-electron chi connectivity index (χ3n) is 4.25. The second-order valence-corrected chi connectivity index (χ2v) is 7.53. The monoisotopic (exact) mass is 461 g/mol. The van der Waals surface area contributed by atoms with E-state index in [4.69, 9.17) is 11.6 Å². The molecule has 0 spiro atoms. The van der Waals surface area contributed by atoms with Gasteiger partial charge in [-0.3, -0.25) is 9.36 Å². The van der Waals surface area contributed by atoms with Gasteiger partial charge in [-0.1, -0.05) is 49.6 Å². The Morgan fingerprint density at radius 1 is 1.07 bits per heavy atom. The van der Waals surface area contributed by atoms with Crippen molar-refractivity contribution in [3.8, 4) is 0 Å². The lowest BCUT2D eigenvalue weighted by Crippen LogP contribution is -2.39. The van der Waals surface area contributed by atoms with E-state index in [9.17, 15) is 14.8 Å². The number of hydrogen-bond donors (Lipinski definition) is 1. The van der Waals surface area contributed by atoms with Crippen LogP contribution in [0.2, 0.25) is 5.02 Å². The van der Waals surface area contributed by atoms with Crippen molar-refractivity contribution in [2.75, 3.05) is 0 Å². The molecule has 0 bridgehead atoms. The van der Waals surface area contributed by atoms with Crippen LogP contribution in [0.4, 0.5) is 0 Å². The summed E-state index contributed by atoms with van der Waals surface area (Å²) in [6, 6.07) is 12.3. The Hall–Kier alpha value is -2.91. The summed E-state index contributed by atoms with van der Waals surface area (Å²) in [5, 5.41) is 18.9. The zero-order valence-corrected chi connectivity index (χ0v) is 16.6. The molecule has 2 aromatic carbocycles. The zero-order chi connectivity index (χ0) is 19.8. The zero-order valence-electron chi connectivity index (χ0n) is 14.3. The number of benzene rings is 2. The summed E-state index contributed by atoms with van der Waals surface area (Å²) in [6.45, 7) is 0.546. The minimum atomic E-state index is -0.841. The van der Waals surface area contributed by atoms with Gasteiger partial charge in [-0.05, 0) is 35.9 Å². The molecule has 28 heavy (non-hydrogen) atoms. The van der Waals surface area contributed by atoms with E-state index in [0.29, 0.717) is 27.3 Å². The third kappa shape index (κ3) is 3.46. The number of rotatable bonds is 4. The molecule has 0 unspecified atom stereocenters. The van der Waals surface area contributed by atoms with Crippen LogP contribution in [-0.2, 0) is 13.1 Å². The molecule has 0 atom stereocenters. The van der Waals surface area contributed by atoms with Gasteiger partial charge in [0.25, 0.3) is 5.56 Å². The Morgan fingerprint density at radius 2 is 1.82 bits per heavy atom. The number of fused-ring (bicyclic) bond motifs is 1. The molecule has 0 amide bonds. The van der Waals surface area contributed by atoms with E-state index < -0.39 is 11.2 Å². The highest BCUT2D eigenvalue weighted by Crippen LogP contribution is 2.16. The maximum atomic E-state index is 12.4. The van der Waals surface area contributed by atoms with E-state index in [-0.39, 0.29) is 16.7 Å². The Kier molecular flexibility index (Phi) is 4.78. The highest BCUT2D eigenvalue weighted by atomic mass is 79.9. The van der Waals surface area contributed by atoms with E-state index in [1.165, 1.54) is 4.57 Å². The van der Waals surface area contributed by atoms with Crippen molar-refractivity contribution in [1.29, 1.82) is 0 Å². The van der Waals surface area contributed by atoms with Gasteiger partial charge in [0.2, 0.25) is 0 Å². The molecule has 0 aliphatic heterocycles. The quantitative estimate of drug-likeness (QED) is 0.470. The summed E-state index contributed by atoms with van der Waals surface area (Å²) < 4.78 is 3.68. The van der Waals surface area contributed by atoms with Crippen molar-refractivity contribution in [1.82, 2.24) is 24.3 Å². The molecule has 0 radical (unpaired) electrons. The third-order valence-corrected chi connectivity index (χ3v) is 4.99. The van der Waals surface area contributed by atoms with Crippen LogP contribution in [-0.4, -0.2) is 29.5 Å². The smallest absolute Gasteiger partial charge is 0.365 e. The molecular weight excluding hydrogens is 450 g/mol. The second kappa shape index (κ2) is 7.25. The van der Waals surface area contributed by atoms with Gasteiger partial charge in [0.15, 0.2) is 0 Å². The second-order valence-electron chi connectivity index (χ2n) is 6.18. The highest BCUT2D eigenvalue weighted by molar-refractivity contribution is 9.10. The van der Waals surface area contributed by atoms with Gasteiger partial charge < -0.3 is 5.21 Å². The molecule has 2 aromatic heterocycles. The molecule has 4 aromatic rings. The molecule has 10 heteroatoms. The Balaban J connectivity index is 1.69. The Labute approximate surface area is 171 Å². The molecule has 2 heterocycles. The van der Waals surface area contributed by atoms with Gasteiger partial charge in [-0.15, -0.1) is 5.10 Å². The van der Waals surface area contributed by atoms with Crippen LogP contribution in [0, 0.1) is 0 Å². The summed E-state index contributed by atoms with van der Waals surface area (Å²) in [6.07, 6.45) is 1.71. The number of hydrogen-bond acceptors (Lipinski definition) is 5. The van der Waals surface area contributed by atoms with E-state index in [1.807, 2.05) is 12.1 Å². The summed E-state index contributed by atoms with van der Waals surface area (Å²) in [7, 11) is 0. The molecular formula is C18H13BrClN5O3. The minimum Gasteiger partial charge on any atom is -0.421 e. The molecule has 142 valence electrons. The van der Waals surface area contributed by atoms with Crippen molar-refractivity contribution in [2.45, 2.75) is 13.1 Å². The SMILES string of the molecule is O=c1c2cc(Br)ccc2n(Cc2cn(Cc3ccc(Cl)cc3)nn2)c(=O)n1O. The van der Waals surface area contributed by atoms with Crippen molar-refractivity contribution in [3.05, 3.63) is 90.3 Å². The Morgan fingerprint density at radius 3 is 2.57 bits per heavy atom. The van der Waals surface area contributed by atoms with Gasteiger partial charge in [0, 0.05) is 9.50 Å². The predicted molar refractivity (Wildman–Crippen MR) is 107 cm³/mol. The standard InChI is InChI=1S/C18H13BrClN5O3/c19-12-3-6-16-15(7-12)17(26)25(28)18(27)24(16)10-14-9-23(22-21-14)8-11-1-4-13(20)5-2-11/h1-7,9,28H,8,10H2. The number of halogens is 2. The fourth-order valence-electron chi connectivity index (χ4n) is 2.91. The Bertz CT molecular complexity index is 1290. The molecule has 0 saturated carbocycles. The van der Waals surface area contributed by atoms with Crippen LogP contribution in [0.25, 0.3) is 10.9 Å². The van der Waals surface area contributed by atoms with Crippen LogP contribution in [0.1, 0.15) is 11.3 Å². The first-order chi connectivity index (χ1) is 13.4. The summed E-state index contributed by atoms with van der Waals surface area (Å²) >= 11 is 9.18. The van der Waals surface area contributed by atoms with Gasteiger partial charge >= 0.3 is 5.69 Å². The topological polar surface area (TPSA) is 94.9 Å². The maximum absolute atomic E-state index is 12.4. The van der Waals surface area contributed by atoms with Crippen molar-refractivity contribution in [3.63, 3.8) is 0 Å². The van der Waals surface area contributed by atoms with E-state index >= 15 is 0 Å². The first-order valence-electron chi connectivity index (χ1n) is 8.20. The van der Waals surface area contributed by atoms with Crippen LogP contribution in [0.5, 0.6) is 0 Å². The molecule has 0 fully saturated rings. The highest BCUT2D eigenvalue weighted by Gasteiger charge is 2.14. The molecule has 1 N–H and O–H groups in total. The van der Waals surface area contributed by atoms with Gasteiger partial charge in [0.1, 0.15) is 5.69 Å². The predicted octanol–water partition coefficient (Wildman–Crippen LogP) is 2.50. The normalized spacial score (nSPS) is 11.2. The number of nitrogens with zero attached hydrogens (tertiary/aromatic N) is 5. The molecule has 0 aliphatic rings. The van der Waals surface area contributed by atoms with Crippen LogP contribution < -0.4 is 11.2 Å². The van der Waals surface area contributed by atoms with Gasteiger partial charge in [-0.25, -0.2) is 9.48 Å². The minimum absolute atomic E-state index is 0.0540. The fourth-order valence-corrected chi connectivity index (χ4v) is 3.40. The van der Waals surface area contributed by atoms with E-state index in [2.05, 4.69) is 26.2 Å². The first-order valence-corrected chi connectivity index (χ1v) is 9.37. The summed E-state index contributed by atoms with van der Waals surface area (Å²) in [4.78, 5) is 24.6. The van der Waals surface area contributed by atoms with Gasteiger partial charge in [0.05, 0.1) is 30.2 Å². The van der Waals surface area contributed by atoms with Crippen LogP contribution >= 0.6 is 27.5 Å². The molecule has 0 aliphatic carbocycles. The van der Waals surface area contributed by atoms with E-state index in [0.717, 1.165) is 5.56 Å². The van der Waals surface area contributed by atoms with Crippen molar-refractivity contribution < 1.29 is 5.21 Å². The average molecular weight is 463 g/mol. The lowest BCUT2D eigenvalue weighted by Gasteiger charge is -2.09. The molecule has 8 nitrogen and oxygen atoms in total.